The molecule has 0 radical (unpaired) electrons. The van der Waals surface area contributed by atoms with Gasteiger partial charge in [-0.15, -0.1) is 0 Å². The van der Waals surface area contributed by atoms with Crippen LogP contribution in [0.25, 0.3) is 0 Å². The van der Waals surface area contributed by atoms with Crippen LogP contribution in [0.1, 0.15) is 20.3 Å². The molecule has 0 amide bonds. The average Bonchev–Trinajstić information content (AvgIpc) is 2.38. The third-order valence-electron chi connectivity index (χ3n) is 5.92. The van der Waals surface area contributed by atoms with E-state index in [4.69, 9.17) is 8.54 Å². The van der Waals surface area contributed by atoms with Gasteiger partial charge in [0.05, 0.1) is 0 Å². The lowest BCUT2D eigenvalue weighted by Crippen LogP contribution is -2.59. The molecule has 0 aromatic rings. The van der Waals surface area contributed by atoms with Crippen molar-refractivity contribution in [1.82, 2.24) is 4.23 Å². The van der Waals surface area contributed by atoms with Crippen molar-refractivity contribution in [3.8, 4) is 0 Å². The molecular weight excluding hydrogens is 415 g/mol. The maximum absolute atomic E-state index is 7.01. The smallest absolute Gasteiger partial charge is 0.189 e. The second-order valence-electron chi connectivity index (χ2n) is 11.8. The number of hydrogen-bond donors (Lipinski definition) is 0. The highest BCUT2D eigenvalue weighted by molar-refractivity contribution is 6.95. The summed E-state index contributed by atoms with van der Waals surface area (Å²) in [6.45, 7) is 36.1. The summed E-state index contributed by atoms with van der Waals surface area (Å²) in [5, 5.41) is 0.609. The van der Waals surface area contributed by atoms with Gasteiger partial charge in [0, 0.05) is 6.61 Å². The average molecular weight is 466 g/mol. The Labute approximate surface area is 177 Å². The largest absolute Gasteiger partial charge is 0.455 e. The third-order valence-corrected chi connectivity index (χ3v) is 28.9. The van der Waals surface area contributed by atoms with Gasteiger partial charge in [-0.25, -0.2) is 0 Å². The number of rotatable bonds is 12. The Bertz CT molecular complexity index is 442. The van der Waals surface area contributed by atoms with Gasteiger partial charge in [-0.2, -0.15) is 0 Å². The van der Waals surface area contributed by atoms with Gasteiger partial charge in [-0.05, 0) is 70.4 Å². The van der Waals surface area contributed by atoms with Gasteiger partial charge in [0.1, 0.15) is 16.5 Å². The first-order valence-electron chi connectivity index (χ1n) is 10.9. The molecule has 0 N–H and O–H groups in total. The molecule has 1 unspecified atom stereocenters. The molecule has 0 aromatic carbocycles. The first-order valence-corrected chi connectivity index (χ1v) is 26.9. The van der Waals surface area contributed by atoms with E-state index in [9.17, 15) is 0 Å². The highest BCUT2D eigenvalue weighted by Gasteiger charge is 2.46. The van der Waals surface area contributed by atoms with E-state index in [1.165, 1.54) is 19.0 Å². The molecule has 0 rings (SSSR count). The van der Waals surface area contributed by atoms with Crippen molar-refractivity contribution in [1.29, 1.82) is 0 Å². The molecule has 0 heterocycles. The molecule has 0 aliphatic carbocycles. The fourth-order valence-corrected chi connectivity index (χ4v) is 30.5. The zero-order valence-corrected chi connectivity index (χ0v) is 26.2. The summed E-state index contributed by atoms with van der Waals surface area (Å²) in [5.74, 6) is 0. The van der Waals surface area contributed by atoms with E-state index in [1.807, 2.05) is 0 Å². The van der Waals surface area contributed by atoms with E-state index in [1.54, 1.807) is 0 Å². The maximum Gasteiger partial charge on any atom is 0.189 e. The lowest BCUT2D eigenvalue weighted by molar-refractivity contribution is 0.324. The second kappa shape index (κ2) is 9.85. The van der Waals surface area contributed by atoms with Gasteiger partial charge in [-0.1, -0.05) is 46.2 Å². The topological polar surface area (TPSA) is 21.7 Å². The van der Waals surface area contributed by atoms with Crippen molar-refractivity contribution in [2.45, 2.75) is 110 Å². The molecule has 164 valence electrons. The van der Waals surface area contributed by atoms with Crippen LogP contribution in [0, 0.1) is 0 Å². The number of nitrogens with zero attached hydrogens (tertiary/aromatic N) is 1. The quantitative estimate of drug-likeness (QED) is 0.291. The van der Waals surface area contributed by atoms with Crippen LogP contribution in [0.4, 0.5) is 0 Å². The fraction of sp³-hybridized carbons (Fsp3) is 1.00. The summed E-state index contributed by atoms with van der Waals surface area (Å²) in [5.41, 5.74) is 0. The van der Waals surface area contributed by atoms with Gasteiger partial charge >= 0.3 is 0 Å². The van der Waals surface area contributed by atoms with Crippen molar-refractivity contribution in [2.24, 2.45) is 0 Å². The lowest BCUT2D eigenvalue weighted by Gasteiger charge is -2.45. The van der Waals surface area contributed by atoms with Crippen LogP contribution in [-0.2, 0) is 8.54 Å². The minimum Gasteiger partial charge on any atom is -0.455 e. The minimum absolute atomic E-state index is 0.609. The zero-order chi connectivity index (χ0) is 21.9. The van der Waals surface area contributed by atoms with Gasteiger partial charge in [-0.3, -0.25) is 0 Å². The van der Waals surface area contributed by atoms with Crippen LogP contribution < -0.4 is 0 Å². The van der Waals surface area contributed by atoms with E-state index in [-0.39, 0.29) is 0 Å². The first kappa shape index (κ1) is 28.0. The van der Waals surface area contributed by atoms with Crippen molar-refractivity contribution < 1.29 is 8.54 Å². The van der Waals surface area contributed by atoms with Crippen LogP contribution in [0.2, 0.25) is 89.8 Å². The van der Waals surface area contributed by atoms with Crippen molar-refractivity contribution in [2.75, 3.05) is 13.2 Å². The Morgan fingerprint density at radius 2 is 1.19 bits per heavy atom. The summed E-state index contributed by atoms with van der Waals surface area (Å²) in [4.78, 5) is 0. The Morgan fingerprint density at radius 3 is 1.56 bits per heavy atom. The van der Waals surface area contributed by atoms with Gasteiger partial charge in [0.2, 0.25) is 0 Å². The molecule has 0 spiro atoms. The second-order valence-corrected chi connectivity index (χ2v) is 35.9. The van der Waals surface area contributed by atoms with Gasteiger partial charge in [0.15, 0.2) is 25.0 Å². The predicted octanol–water partition coefficient (Wildman–Crippen LogP) is 6.95. The van der Waals surface area contributed by atoms with E-state index in [0.29, 0.717) is 5.16 Å². The van der Waals surface area contributed by atoms with E-state index in [2.05, 4.69) is 96.6 Å². The third kappa shape index (κ3) is 9.54. The Balaban J connectivity index is 4.98. The van der Waals surface area contributed by atoms with Crippen LogP contribution in [0.15, 0.2) is 0 Å². The first-order chi connectivity index (χ1) is 11.8. The predicted molar refractivity (Wildman–Crippen MR) is 137 cm³/mol. The standard InChI is InChI=1S/C19H51NO2Si5/c1-15-21-26(11,12)19(2)27(13,14)22-25(9,10)18-16-17-20(23(3,4)5)24(6,7)8/h19H,15-18H2,1-14H3. The lowest BCUT2D eigenvalue weighted by atomic mass is 10.5. The Morgan fingerprint density at radius 1 is 0.741 bits per heavy atom. The molecule has 0 fully saturated rings. The van der Waals surface area contributed by atoms with Crippen molar-refractivity contribution >= 4 is 41.4 Å². The summed E-state index contributed by atoms with van der Waals surface area (Å²) >= 11 is 0. The summed E-state index contributed by atoms with van der Waals surface area (Å²) in [6.07, 6.45) is 1.29. The van der Waals surface area contributed by atoms with Crippen LogP contribution in [0.5, 0.6) is 0 Å². The van der Waals surface area contributed by atoms with Crippen LogP contribution in [0.3, 0.4) is 0 Å². The fourth-order valence-electron chi connectivity index (χ4n) is 4.53. The molecular formula is C19H51NO2Si5. The monoisotopic (exact) mass is 465 g/mol. The molecule has 0 bridgehead atoms. The Kier molecular flexibility index (Phi) is 10.2. The molecule has 0 aliphatic heterocycles. The molecule has 0 aromatic heterocycles. The molecule has 1 atom stereocenters. The van der Waals surface area contributed by atoms with Crippen LogP contribution in [-0.4, -0.2) is 58.8 Å². The van der Waals surface area contributed by atoms with Gasteiger partial charge < -0.3 is 12.8 Å². The maximum atomic E-state index is 7.01. The summed E-state index contributed by atoms with van der Waals surface area (Å²) < 4.78 is 16.1. The zero-order valence-electron chi connectivity index (χ0n) is 21.2. The van der Waals surface area contributed by atoms with Crippen LogP contribution >= 0.6 is 0 Å². The highest BCUT2D eigenvalue weighted by atomic mass is 28.5. The molecule has 27 heavy (non-hydrogen) atoms. The summed E-state index contributed by atoms with van der Waals surface area (Å²) in [6, 6.07) is 1.28. The molecule has 8 heteroatoms. The summed E-state index contributed by atoms with van der Waals surface area (Å²) in [7, 11) is -7.60. The molecule has 0 saturated heterocycles. The van der Waals surface area contributed by atoms with Gasteiger partial charge in [0.25, 0.3) is 0 Å². The normalized spacial score (nSPS) is 16.1. The van der Waals surface area contributed by atoms with Crippen molar-refractivity contribution in [3.63, 3.8) is 0 Å². The van der Waals surface area contributed by atoms with Crippen molar-refractivity contribution in [3.05, 3.63) is 0 Å². The Hall–Kier alpha value is 0.964. The SMILES string of the molecule is CCO[Si](C)(C)C(C)[Si](C)(C)O[Si](C)(C)CCCN([Si](C)(C)C)[Si](C)(C)C. The number of hydrogen-bond acceptors (Lipinski definition) is 3. The highest BCUT2D eigenvalue weighted by Crippen LogP contribution is 2.36. The van der Waals surface area contributed by atoms with E-state index < -0.39 is 41.4 Å². The molecule has 0 aliphatic rings. The molecule has 3 nitrogen and oxygen atoms in total. The minimum atomic E-state index is -1.76. The van der Waals surface area contributed by atoms with E-state index >= 15 is 0 Å². The molecule has 0 saturated carbocycles. The van der Waals surface area contributed by atoms with E-state index in [0.717, 1.165) is 6.61 Å².